The number of benzene rings is 2. The predicted octanol–water partition coefficient (Wildman–Crippen LogP) is 4.01. The Morgan fingerprint density at radius 2 is 2.04 bits per heavy atom. The number of amides is 1. The molecule has 1 heterocycles. The fourth-order valence-corrected chi connectivity index (χ4v) is 3.80. The molecule has 1 aromatic heterocycles. The van der Waals surface area contributed by atoms with E-state index in [0.29, 0.717) is 24.0 Å². The fourth-order valence-electron chi connectivity index (χ4n) is 2.80. The number of thiazole rings is 1. The standard InChI is InChI=1S/C20H19FN2O3S/c1-12-11-13(9-10-14(12)21)19(20(25)26)23-17(24)7-4-8-18-22-15-5-2-3-6-16(15)27-18/h2-3,5-6,9-11,19H,4,7-8H2,1H3,(H,23,24)(H,25,26). The summed E-state index contributed by atoms with van der Waals surface area (Å²) in [4.78, 5) is 28.2. The average molecular weight is 386 g/mol. The van der Waals surface area contributed by atoms with Crippen molar-refractivity contribution in [2.24, 2.45) is 0 Å². The molecular formula is C20H19FN2O3S. The lowest BCUT2D eigenvalue weighted by atomic mass is 10.0. The van der Waals surface area contributed by atoms with Crippen molar-refractivity contribution in [3.8, 4) is 0 Å². The molecule has 5 nitrogen and oxygen atoms in total. The first-order valence-corrected chi connectivity index (χ1v) is 9.38. The number of aliphatic carboxylic acids is 1. The van der Waals surface area contributed by atoms with E-state index in [-0.39, 0.29) is 12.3 Å². The van der Waals surface area contributed by atoms with Gasteiger partial charge < -0.3 is 10.4 Å². The number of hydrogen-bond acceptors (Lipinski definition) is 4. The van der Waals surface area contributed by atoms with Crippen molar-refractivity contribution >= 4 is 33.4 Å². The van der Waals surface area contributed by atoms with Gasteiger partial charge in [-0.15, -0.1) is 11.3 Å². The summed E-state index contributed by atoms with van der Waals surface area (Å²) in [5, 5.41) is 12.9. The molecule has 0 bridgehead atoms. The van der Waals surface area contributed by atoms with E-state index in [1.165, 1.54) is 18.2 Å². The van der Waals surface area contributed by atoms with Crippen molar-refractivity contribution < 1.29 is 19.1 Å². The minimum atomic E-state index is -1.20. The number of carbonyl (C=O) groups is 2. The monoisotopic (exact) mass is 386 g/mol. The highest BCUT2D eigenvalue weighted by Crippen LogP contribution is 2.23. The lowest BCUT2D eigenvalue weighted by Gasteiger charge is -2.15. The minimum Gasteiger partial charge on any atom is -0.479 e. The lowest BCUT2D eigenvalue weighted by molar-refractivity contribution is -0.142. The number of carboxylic acid groups (broad SMARTS) is 1. The number of aryl methyl sites for hydroxylation is 2. The number of carbonyl (C=O) groups excluding carboxylic acids is 1. The molecule has 0 spiro atoms. The molecule has 27 heavy (non-hydrogen) atoms. The molecular weight excluding hydrogens is 367 g/mol. The zero-order chi connectivity index (χ0) is 19.4. The summed E-state index contributed by atoms with van der Waals surface area (Å²) in [6, 6.07) is 10.7. The van der Waals surface area contributed by atoms with Gasteiger partial charge in [0.05, 0.1) is 15.2 Å². The van der Waals surface area contributed by atoms with Crippen LogP contribution in [0.3, 0.4) is 0 Å². The van der Waals surface area contributed by atoms with Gasteiger partial charge in [0.25, 0.3) is 0 Å². The van der Waals surface area contributed by atoms with E-state index in [9.17, 15) is 19.1 Å². The van der Waals surface area contributed by atoms with Gasteiger partial charge in [-0.25, -0.2) is 14.2 Å². The molecule has 2 aromatic carbocycles. The first-order chi connectivity index (χ1) is 12.9. The number of nitrogens with zero attached hydrogens (tertiary/aromatic N) is 1. The number of halogens is 1. The first kappa shape index (κ1) is 19.0. The van der Waals surface area contributed by atoms with Gasteiger partial charge in [-0.1, -0.05) is 24.3 Å². The maximum Gasteiger partial charge on any atom is 0.330 e. The van der Waals surface area contributed by atoms with Crippen LogP contribution in [0.5, 0.6) is 0 Å². The smallest absolute Gasteiger partial charge is 0.330 e. The summed E-state index contributed by atoms with van der Waals surface area (Å²) in [5.74, 6) is -1.95. The summed E-state index contributed by atoms with van der Waals surface area (Å²) < 4.78 is 14.5. The molecule has 0 radical (unpaired) electrons. The van der Waals surface area contributed by atoms with Crippen molar-refractivity contribution in [2.75, 3.05) is 0 Å². The number of para-hydroxylation sites is 1. The number of fused-ring (bicyclic) bond motifs is 1. The van der Waals surface area contributed by atoms with Crippen LogP contribution in [0, 0.1) is 12.7 Å². The maximum absolute atomic E-state index is 13.4. The SMILES string of the molecule is Cc1cc(C(NC(=O)CCCc2nc3ccccc3s2)C(=O)O)ccc1F. The second-order valence-electron chi connectivity index (χ2n) is 6.28. The molecule has 1 amide bonds. The molecule has 3 rings (SSSR count). The van der Waals surface area contributed by atoms with E-state index in [4.69, 9.17) is 0 Å². The number of hydrogen-bond donors (Lipinski definition) is 2. The Labute approximate surface area is 159 Å². The third kappa shape index (κ3) is 4.68. The predicted molar refractivity (Wildman–Crippen MR) is 102 cm³/mol. The summed E-state index contributed by atoms with van der Waals surface area (Å²) in [5.41, 5.74) is 1.63. The molecule has 140 valence electrons. The molecule has 0 fully saturated rings. The molecule has 3 aromatic rings. The van der Waals surface area contributed by atoms with Gasteiger partial charge in [0.1, 0.15) is 5.82 Å². The Morgan fingerprint density at radius 1 is 1.26 bits per heavy atom. The van der Waals surface area contributed by atoms with Crippen molar-refractivity contribution in [3.63, 3.8) is 0 Å². The van der Waals surface area contributed by atoms with Gasteiger partial charge in [0.15, 0.2) is 6.04 Å². The van der Waals surface area contributed by atoms with Crippen molar-refractivity contribution in [1.29, 1.82) is 0 Å². The van der Waals surface area contributed by atoms with E-state index < -0.39 is 17.8 Å². The van der Waals surface area contributed by atoms with E-state index in [1.807, 2.05) is 24.3 Å². The van der Waals surface area contributed by atoms with Crippen LogP contribution in [0.2, 0.25) is 0 Å². The highest BCUT2D eigenvalue weighted by Gasteiger charge is 2.22. The molecule has 2 N–H and O–H groups in total. The first-order valence-electron chi connectivity index (χ1n) is 8.56. The molecule has 1 atom stereocenters. The highest BCUT2D eigenvalue weighted by molar-refractivity contribution is 7.18. The summed E-state index contributed by atoms with van der Waals surface area (Å²) >= 11 is 1.60. The second kappa shape index (κ2) is 8.26. The molecule has 1 unspecified atom stereocenters. The normalized spacial score (nSPS) is 12.1. The van der Waals surface area contributed by atoms with Gasteiger partial charge in [-0.2, -0.15) is 0 Å². The Kier molecular flexibility index (Phi) is 5.81. The van der Waals surface area contributed by atoms with Crippen LogP contribution in [-0.2, 0) is 16.0 Å². The van der Waals surface area contributed by atoms with Crippen molar-refractivity contribution in [3.05, 3.63) is 64.4 Å². The van der Waals surface area contributed by atoms with Gasteiger partial charge in [-0.05, 0) is 49.1 Å². The minimum absolute atomic E-state index is 0.194. The van der Waals surface area contributed by atoms with Gasteiger partial charge >= 0.3 is 5.97 Å². The number of carboxylic acids is 1. The molecule has 0 saturated heterocycles. The van der Waals surface area contributed by atoms with E-state index in [1.54, 1.807) is 18.3 Å². The zero-order valence-electron chi connectivity index (χ0n) is 14.7. The topological polar surface area (TPSA) is 79.3 Å². The van der Waals surface area contributed by atoms with Gasteiger partial charge in [0, 0.05) is 6.42 Å². The largest absolute Gasteiger partial charge is 0.479 e. The quantitative estimate of drug-likeness (QED) is 0.643. The Morgan fingerprint density at radius 3 is 2.74 bits per heavy atom. The lowest BCUT2D eigenvalue weighted by Crippen LogP contribution is -2.33. The van der Waals surface area contributed by atoms with Crippen LogP contribution in [0.15, 0.2) is 42.5 Å². The van der Waals surface area contributed by atoms with Gasteiger partial charge in [-0.3, -0.25) is 4.79 Å². The van der Waals surface area contributed by atoms with E-state index in [0.717, 1.165) is 15.2 Å². The van der Waals surface area contributed by atoms with Crippen LogP contribution in [0.25, 0.3) is 10.2 Å². The fraction of sp³-hybridized carbons (Fsp3) is 0.250. The third-order valence-corrected chi connectivity index (χ3v) is 5.30. The summed E-state index contributed by atoms with van der Waals surface area (Å²) in [7, 11) is 0. The molecule has 0 aliphatic rings. The van der Waals surface area contributed by atoms with Crippen LogP contribution in [-0.4, -0.2) is 22.0 Å². The van der Waals surface area contributed by atoms with Crippen molar-refractivity contribution in [1.82, 2.24) is 10.3 Å². The maximum atomic E-state index is 13.4. The second-order valence-corrected chi connectivity index (χ2v) is 7.39. The molecule has 0 aliphatic carbocycles. The van der Waals surface area contributed by atoms with Crippen LogP contribution in [0.1, 0.15) is 35.0 Å². The Bertz CT molecular complexity index is 953. The highest BCUT2D eigenvalue weighted by atomic mass is 32.1. The Hall–Kier alpha value is -2.80. The van der Waals surface area contributed by atoms with Crippen LogP contribution >= 0.6 is 11.3 Å². The Balaban J connectivity index is 1.57. The number of nitrogens with one attached hydrogen (secondary N) is 1. The van der Waals surface area contributed by atoms with Crippen LogP contribution < -0.4 is 5.32 Å². The summed E-state index contributed by atoms with van der Waals surface area (Å²) in [6.45, 7) is 1.55. The molecule has 0 saturated carbocycles. The van der Waals surface area contributed by atoms with E-state index >= 15 is 0 Å². The van der Waals surface area contributed by atoms with E-state index in [2.05, 4.69) is 10.3 Å². The average Bonchev–Trinajstić information content (AvgIpc) is 3.04. The zero-order valence-corrected chi connectivity index (χ0v) is 15.6. The third-order valence-electron chi connectivity index (χ3n) is 4.20. The number of rotatable bonds is 7. The summed E-state index contributed by atoms with van der Waals surface area (Å²) in [6.07, 6.45) is 1.42. The number of aromatic nitrogens is 1. The van der Waals surface area contributed by atoms with Crippen molar-refractivity contribution in [2.45, 2.75) is 32.2 Å². The van der Waals surface area contributed by atoms with Gasteiger partial charge in [0.2, 0.25) is 5.91 Å². The van der Waals surface area contributed by atoms with Crippen LogP contribution in [0.4, 0.5) is 4.39 Å². The molecule has 0 aliphatic heterocycles. The molecule has 7 heteroatoms.